The van der Waals surface area contributed by atoms with Crippen LogP contribution >= 0.6 is 0 Å². The van der Waals surface area contributed by atoms with Gasteiger partial charge in [-0.25, -0.2) is 9.59 Å². The van der Waals surface area contributed by atoms with E-state index in [4.69, 9.17) is 9.15 Å². The fourth-order valence-electron chi connectivity index (χ4n) is 2.62. The van der Waals surface area contributed by atoms with Crippen molar-refractivity contribution in [2.75, 3.05) is 0 Å². The monoisotopic (exact) mass is 353 g/mol. The van der Waals surface area contributed by atoms with Gasteiger partial charge in [-0.1, -0.05) is 18.2 Å². The Bertz CT molecular complexity index is 1080. The van der Waals surface area contributed by atoms with Crippen molar-refractivity contribution in [2.45, 2.75) is 20.5 Å². The van der Waals surface area contributed by atoms with Gasteiger partial charge in [0.2, 0.25) is 0 Å². The molecule has 0 radical (unpaired) electrons. The van der Waals surface area contributed by atoms with Crippen LogP contribution in [0.15, 0.2) is 51.7 Å². The summed E-state index contributed by atoms with van der Waals surface area (Å²) in [5, 5.41) is 11.7. The second-order valence-corrected chi connectivity index (χ2v) is 5.92. The second-order valence-electron chi connectivity index (χ2n) is 5.92. The second kappa shape index (κ2) is 6.79. The Morgan fingerprint density at radius 2 is 1.92 bits per heavy atom. The molecule has 0 aliphatic rings. The molecule has 0 unspecified atom stereocenters. The first-order valence-electron chi connectivity index (χ1n) is 7.81. The maximum absolute atomic E-state index is 12.2. The third-order valence-corrected chi connectivity index (χ3v) is 3.99. The summed E-state index contributed by atoms with van der Waals surface area (Å²) in [7, 11) is 0. The lowest BCUT2D eigenvalue weighted by atomic mass is 10.1. The smallest absolute Gasteiger partial charge is 0.338 e. The van der Waals surface area contributed by atoms with Crippen molar-refractivity contribution in [3.8, 4) is 0 Å². The highest BCUT2D eigenvalue weighted by molar-refractivity contribution is 5.90. The molecular formula is C19H15NO6. The topological polar surface area (TPSA) is 99.6 Å². The number of hydrogen-bond acceptors (Lipinski definition) is 6. The molecule has 7 nitrogen and oxygen atoms in total. The number of rotatable bonds is 4. The van der Waals surface area contributed by atoms with Crippen LogP contribution in [-0.2, 0) is 11.3 Å². The van der Waals surface area contributed by atoms with Crippen molar-refractivity contribution >= 4 is 22.6 Å². The van der Waals surface area contributed by atoms with Gasteiger partial charge in [-0.3, -0.25) is 10.1 Å². The van der Waals surface area contributed by atoms with E-state index in [0.717, 1.165) is 5.56 Å². The van der Waals surface area contributed by atoms with E-state index in [1.165, 1.54) is 24.3 Å². The first kappa shape index (κ1) is 17.3. The van der Waals surface area contributed by atoms with E-state index in [0.29, 0.717) is 22.1 Å². The number of carbonyl (C=O) groups excluding carboxylic acids is 1. The fraction of sp³-hybridized carbons (Fsp3) is 0.158. The molecule has 26 heavy (non-hydrogen) atoms. The van der Waals surface area contributed by atoms with E-state index in [2.05, 4.69) is 0 Å². The van der Waals surface area contributed by atoms with Crippen LogP contribution in [0.5, 0.6) is 0 Å². The van der Waals surface area contributed by atoms with Gasteiger partial charge in [0.1, 0.15) is 12.2 Å². The molecule has 1 heterocycles. The molecule has 0 aliphatic carbocycles. The zero-order valence-corrected chi connectivity index (χ0v) is 14.1. The highest BCUT2D eigenvalue weighted by Gasteiger charge is 2.16. The summed E-state index contributed by atoms with van der Waals surface area (Å²) >= 11 is 0. The Balaban J connectivity index is 1.86. The van der Waals surface area contributed by atoms with Gasteiger partial charge in [0, 0.05) is 28.6 Å². The maximum Gasteiger partial charge on any atom is 0.338 e. The molecule has 0 N–H and O–H groups in total. The molecule has 0 saturated carbocycles. The standard InChI is InChI=1S/C19H15NO6/c1-11-3-6-15-14(9-18(21)26-17(15)7-11)10-25-19(22)13-5-4-12(2)16(8-13)20(23)24/h3-9H,10H2,1-2H3. The number of esters is 1. The van der Waals surface area contributed by atoms with Gasteiger partial charge in [-0.05, 0) is 31.5 Å². The van der Waals surface area contributed by atoms with Gasteiger partial charge in [0.15, 0.2) is 0 Å². The predicted molar refractivity (Wildman–Crippen MR) is 94.2 cm³/mol. The van der Waals surface area contributed by atoms with E-state index in [9.17, 15) is 19.7 Å². The number of ether oxygens (including phenoxy) is 1. The van der Waals surface area contributed by atoms with E-state index in [1.807, 2.05) is 13.0 Å². The number of aryl methyl sites for hydroxylation is 2. The summed E-state index contributed by atoms with van der Waals surface area (Å²) in [5.41, 5.74) is 1.68. The van der Waals surface area contributed by atoms with Crippen molar-refractivity contribution in [1.29, 1.82) is 0 Å². The van der Waals surface area contributed by atoms with Gasteiger partial charge < -0.3 is 9.15 Å². The molecule has 0 saturated heterocycles. The Kier molecular flexibility index (Phi) is 4.53. The number of nitro groups is 1. The fourth-order valence-corrected chi connectivity index (χ4v) is 2.62. The van der Waals surface area contributed by atoms with Crippen molar-refractivity contribution in [2.24, 2.45) is 0 Å². The molecule has 2 aromatic carbocycles. The minimum atomic E-state index is -0.707. The highest BCUT2D eigenvalue weighted by atomic mass is 16.6. The normalized spacial score (nSPS) is 10.7. The summed E-state index contributed by atoms with van der Waals surface area (Å²) in [4.78, 5) is 34.4. The minimum absolute atomic E-state index is 0.0745. The average molecular weight is 353 g/mol. The van der Waals surface area contributed by atoms with Gasteiger partial charge >= 0.3 is 11.6 Å². The lowest BCUT2D eigenvalue weighted by Crippen LogP contribution is -2.08. The third kappa shape index (κ3) is 3.46. The summed E-state index contributed by atoms with van der Waals surface area (Å²) in [6.07, 6.45) is 0. The molecular weight excluding hydrogens is 338 g/mol. The Morgan fingerprint density at radius 1 is 1.15 bits per heavy atom. The minimum Gasteiger partial charge on any atom is -0.457 e. The number of hydrogen-bond donors (Lipinski definition) is 0. The van der Waals surface area contributed by atoms with Gasteiger partial charge in [-0.2, -0.15) is 0 Å². The van der Waals surface area contributed by atoms with Gasteiger partial charge in [0.05, 0.1) is 10.5 Å². The quantitative estimate of drug-likeness (QED) is 0.307. The molecule has 0 atom stereocenters. The van der Waals surface area contributed by atoms with E-state index in [1.54, 1.807) is 19.1 Å². The van der Waals surface area contributed by atoms with Crippen molar-refractivity contribution in [1.82, 2.24) is 0 Å². The number of nitrogens with zero attached hydrogens (tertiary/aromatic N) is 1. The predicted octanol–water partition coefficient (Wildman–Crippen LogP) is 3.68. The molecule has 3 aromatic rings. The van der Waals surface area contributed by atoms with Crippen LogP contribution in [0, 0.1) is 24.0 Å². The first-order valence-corrected chi connectivity index (χ1v) is 7.81. The highest BCUT2D eigenvalue weighted by Crippen LogP contribution is 2.22. The molecule has 132 valence electrons. The molecule has 0 amide bonds. The molecule has 7 heteroatoms. The molecule has 0 fully saturated rings. The van der Waals surface area contributed by atoms with E-state index in [-0.39, 0.29) is 17.9 Å². The van der Waals surface area contributed by atoms with E-state index >= 15 is 0 Å². The van der Waals surface area contributed by atoms with Crippen LogP contribution in [0.1, 0.15) is 27.0 Å². The Morgan fingerprint density at radius 3 is 2.65 bits per heavy atom. The largest absolute Gasteiger partial charge is 0.457 e. The SMILES string of the molecule is Cc1ccc2c(COC(=O)c3ccc(C)c([N+](=O)[O-])c3)cc(=O)oc2c1. The summed E-state index contributed by atoms with van der Waals surface area (Å²) in [6.45, 7) is 3.31. The number of nitro benzene ring substituents is 1. The number of fused-ring (bicyclic) bond motifs is 1. The van der Waals surface area contributed by atoms with Crippen molar-refractivity contribution in [3.05, 3.63) is 85.3 Å². The van der Waals surface area contributed by atoms with Crippen LogP contribution in [0.25, 0.3) is 11.0 Å². The van der Waals surface area contributed by atoms with Crippen LogP contribution < -0.4 is 5.63 Å². The first-order chi connectivity index (χ1) is 12.3. The Hall–Kier alpha value is -3.48. The lowest BCUT2D eigenvalue weighted by molar-refractivity contribution is -0.385. The maximum atomic E-state index is 12.2. The number of carbonyl (C=O) groups is 1. The molecule has 0 bridgehead atoms. The molecule has 3 rings (SSSR count). The van der Waals surface area contributed by atoms with Crippen LogP contribution in [-0.4, -0.2) is 10.9 Å². The van der Waals surface area contributed by atoms with Gasteiger partial charge in [-0.15, -0.1) is 0 Å². The van der Waals surface area contributed by atoms with Gasteiger partial charge in [0.25, 0.3) is 5.69 Å². The molecule has 1 aromatic heterocycles. The van der Waals surface area contributed by atoms with Crippen molar-refractivity contribution < 1.29 is 18.9 Å². The number of benzene rings is 2. The van der Waals surface area contributed by atoms with E-state index < -0.39 is 16.5 Å². The van der Waals surface area contributed by atoms with Crippen molar-refractivity contribution in [3.63, 3.8) is 0 Å². The summed E-state index contributed by atoms with van der Waals surface area (Å²) in [5.74, 6) is -0.707. The van der Waals surface area contributed by atoms with Crippen LogP contribution in [0.2, 0.25) is 0 Å². The third-order valence-electron chi connectivity index (χ3n) is 3.99. The van der Waals surface area contributed by atoms with Crippen LogP contribution in [0.3, 0.4) is 0 Å². The summed E-state index contributed by atoms with van der Waals surface area (Å²) < 4.78 is 10.4. The molecule has 0 spiro atoms. The lowest BCUT2D eigenvalue weighted by Gasteiger charge is -2.08. The van der Waals surface area contributed by atoms with Crippen LogP contribution in [0.4, 0.5) is 5.69 Å². The molecule has 0 aliphatic heterocycles. The average Bonchev–Trinajstić information content (AvgIpc) is 2.58. The summed E-state index contributed by atoms with van der Waals surface area (Å²) in [6, 6.07) is 10.8. The Labute approximate surface area is 148 Å². The zero-order valence-electron chi connectivity index (χ0n) is 14.1. The zero-order chi connectivity index (χ0) is 18.8.